The second-order valence-corrected chi connectivity index (χ2v) is 4.68. The fraction of sp³-hybridized carbons (Fsp3) is 0.357. The summed E-state index contributed by atoms with van der Waals surface area (Å²) < 4.78 is 7.07. The molecule has 0 unspecified atom stereocenters. The number of aromatic nitrogens is 1. The smallest absolute Gasteiger partial charge is 0.310 e. The maximum atomic E-state index is 11.7. The molecule has 4 heteroatoms. The van der Waals surface area contributed by atoms with Gasteiger partial charge in [-0.25, -0.2) is 0 Å². The van der Waals surface area contributed by atoms with Crippen molar-refractivity contribution in [3.05, 3.63) is 30.0 Å². The van der Waals surface area contributed by atoms with Gasteiger partial charge in [-0.1, -0.05) is 0 Å². The Bertz CT molecular complexity index is 584. The Kier molecular flexibility index (Phi) is 3.28. The van der Waals surface area contributed by atoms with Crippen molar-refractivity contribution in [1.82, 2.24) is 4.57 Å². The van der Waals surface area contributed by atoms with Gasteiger partial charge < -0.3 is 14.4 Å². The molecule has 0 saturated heterocycles. The Hall–Kier alpha value is -1.97. The van der Waals surface area contributed by atoms with Gasteiger partial charge in [-0.15, -0.1) is 0 Å². The molecule has 0 fully saturated rings. The average molecular weight is 247 g/mol. The lowest BCUT2D eigenvalue weighted by atomic mass is 10.1. The van der Waals surface area contributed by atoms with Crippen LogP contribution >= 0.6 is 0 Å². The number of rotatable bonds is 3. The zero-order chi connectivity index (χ0) is 13.3. The maximum absolute atomic E-state index is 11.7. The normalized spacial score (nSPS) is 11.1. The van der Waals surface area contributed by atoms with Crippen molar-refractivity contribution in [3.8, 4) is 5.75 Å². The third-order valence-corrected chi connectivity index (χ3v) is 2.76. The van der Waals surface area contributed by atoms with Crippen LogP contribution < -0.4 is 0 Å². The molecule has 96 valence electrons. The van der Waals surface area contributed by atoms with Crippen LogP contribution in [0, 0.1) is 0 Å². The molecule has 0 radical (unpaired) electrons. The van der Waals surface area contributed by atoms with E-state index in [0.717, 1.165) is 16.5 Å². The highest BCUT2D eigenvalue weighted by molar-refractivity contribution is 5.88. The second-order valence-electron chi connectivity index (χ2n) is 4.68. The number of esters is 1. The van der Waals surface area contributed by atoms with Gasteiger partial charge in [0.05, 0.1) is 12.5 Å². The number of aryl methyl sites for hydroxylation is 1. The van der Waals surface area contributed by atoms with Crippen LogP contribution in [0.4, 0.5) is 0 Å². The highest BCUT2D eigenvalue weighted by Crippen LogP contribution is 2.25. The van der Waals surface area contributed by atoms with Crippen molar-refractivity contribution in [3.63, 3.8) is 0 Å². The number of phenolic OH excluding ortho intramolecular Hbond substituents is 1. The molecule has 0 aliphatic rings. The van der Waals surface area contributed by atoms with Gasteiger partial charge in [0.2, 0.25) is 0 Å². The third kappa shape index (κ3) is 2.47. The van der Waals surface area contributed by atoms with Crippen LogP contribution in [0.25, 0.3) is 10.9 Å². The zero-order valence-electron chi connectivity index (χ0n) is 10.8. The first kappa shape index (κ1) is 12.5. The van der Waals surface area contributed by atoms with Crippen molar-refractivity contribution in [2.24, 2.45) is 7.05 Å². The van der Waals surface area contributed by atoms with E-state index < -0.39 is 0 Å². The van der Waals surface area contributed by atoms with E-state index in [1.54, 1.807) is 12.1 Å². The Morgan fingerprint density at radius 3 is 2.83 bits per heavy atom. The van der Waals surface area contributed by atoms with Gasteiger partial charge in [0.25, 0.3) is 0 Å². The number of ether oxygens (including phenoxy) is 1. The van der Waals surface area contributed by atoms with Crippen molar-refractivity contribution in [2.75, 3.05) is 0 Å². The van der Waals surface area contributed by atoms with E-state index in [0.29, 0.717) is 0 Å². The number of carbonyl (C=O) groups is 1. The van der Waals surface area contributed by atoms with Gasteiger partial charge in [-0.3, -0.25) is 4.79 Å². The van der Waals surface area contributed by atoms with Crippen LogP contribution in [0.3, 0.4) is 0 Å². The van der Waals surface area contributed by atoms with Crippen LogP contribution in [0.1, 0.15) is 19.4 Å². The first-order chi connectivity index (χ1) is 8.47. The van der Waals surface area contributed by atoms with Crippen LogP contribution in [0.5, 0.6) is 5.75 Å². The highest BCUT2D eigenvalue weighted by atomic mass is 16.5. The van der Waals surface area contributed by atoms with Gasteiger partial charge in [0.1, 0.15) is 5.75 Å². The number of hydrogen-bond acceptors (Lipinski definition) is 3. The fourth-order valence-corrected chi connectivity index (χ4v) is 2.06. The van der Waals surface area contributed by atoms with Crippen molar-refractivity contribution >= 4 is 16.9 Å². The summed E-state index contributed by atoms with van der Waals surface area (Å²) in [5.74, 6) is -0.0481. The Balaban J connectivity index is 2.33. The summed E-state index contributed by atoms with van der Waals surface area (Å²) in [6, 6.07) is 5.15. The first-order valence-electron chi connectivity index (χ1n) is 5.94. The second kappa shape index (κ2) is 4.72. The average Bonchev–Trinajstić information content (AvgIpc) is 2.54. The summed E-state index contributed by atoms with van der Waals surface area (Å²) >= 11 is 0. The molecular weight excluding hydrogens is 230 g/mol. The van der Waals surface area contributed by atoms with Gasteiger partial charge >= 0.3 is 5.97 Å². The maximum Gasteiger partial charge on any atom is 0.310 e. The molecule has 1 heterocycles. The molecule has 0 aliphatic heterocycles. The van der Waals surface area contributed by atoms with Crippen molar-refractivity contribution in [1.29, 1.82) is 0 Å². The number of hydrogen-bond donors (Lipinski definition) is 1. The molecule has 4 nitrogen and oxygen atoms in total. The monoisotopic (exact) mass is 247 g/mol. The summed E-state index contributed by atoms with van der Waals surface area (Å²) in [6.07, 6.45) is 2.01. The van der Waals surface area contributed by atoms with Crippen LogP contribution in [-0.4, -0.2) is 21.7 Å². The minimum atomic E-state index is -0.249. The highest BCUT2D eigenvalue weighted by Gasteiger charge is 2.13. The summed E-state index contributed by atoms with van der Waals surface area (Å²) in [6.45, 7) is 3.65. The molecule has 0 amide bonds. The molecule has 0 saturated carbocycles. The number of carbonyl (C=O) groups excluding carboxylic acids is 1. The summed E-state index contributed by atoms with van der Waals surface area (Å²) in [4.78, 5) is 11.7. The van der Waals surface area contributed by atoms with E-state index >= 15 is 0 Å². The quantitative estimate of drug-likeness (QED) is 0.847. The van der Waals surface area contributed by atoms with E-state index in [9.17, 15) is 9.90 Å². The minimum Gasteiger partial charge on any atom is -0.508 e. The van der Waals surface area contributed by atoms with Crippen LogP contribution in [0.15, 0.2) is 24.4 Å². The molecule has 0 atom stereocenters. The number of nitrogens with zero attached hydrogens (tertiary/aromatic N) is 1. The molecule has 0 aliphatic carbocycles. The lowest BCUT2D eigenvalue weighted by molar-refractivity contribution is -0.146. The molecule has 2 aromatic rings. The Labute approximate surface area is 106 Å². The van der Waals surface area contributed by atoms with Crippen LogP contribution in [0.2, 0.25) is 0 Å². The molecule has 1 N–H and O–H groups in total. The number of phenols is 1. The molecule has 1 aromatic heterocycles. The standard InChI is InChI=1S/C14H17NO3/c1-9(2)18-14(17)6-10-8-15(3)13-5-4-11(16)7-12(10)13/h4-5,7-9,16H,6H2,1-3H3. The lowest BCUT2D eigenvalue weighted by Gasteiger charge is -2.07. The van der Waals surface area contributed by atoms with E-state index in [1.807, 2.05) is 37.7 Å². The predicted octanol–water partition coefficient (Wildman–Crippen LogP) is 2.38. The summed E-state index contributed by atoms with van der Waals surface area (Å²) in [5, 5.41) is 10.4. The Morgan fingerprint density at radius 1 is 1.44 bits per heavy atom. The number of fused-ring (bicyclic) bond motifs is 1. The SMILES string of the molecule is CC(C)OC(=O)Cc1cn(C)c2ccc(O)cc12. The van der Waals surface area contributed by atoms with E-state index in [1.165, 1.54) is 0 Å². The largest absolute Gasteiger partial charge is 0.508 e. The number of benzene rings is 1. The molecule has 2 rings (SSSR count). The van der Waals surface area contributed by atoms with E-state index in [2.05, 4.69) is 0 Å². The van der Waals surface area contributed by atoms with Crippen molar-refractivity contribution < 1.29 is 14.6 Å². The van der Waals surface area contributed by atoms with E-state index in [-0.39, 0.29) is 24.2 Å². The summed E-state index contributed by atoms with van der Waals surface area (Å²) in [7, 11) is 1.91. The van der Waals surface area contributed by atoms with E-state index in [4.69, 9.17) is 4.74 Å². The number of aromatic hydroxyl groups is 1. The van der Waals surface area contributed by atoms with Crippen LogP contribution in [-0.2, 0) is 23.0 Å². The molecular formula is C14H17NO3. The van der Waals surface area contributed by atoms with Gasteiger partial charge in [-0.05, 0) is 37.6 Å². The zero-order valence-corrected chi connectivity index (χ0v) is 10.8. The molecule has 18 heavy (non-hydrogen) atoms. The van der Waals surface area contributed by atoms with Gasteiger partial charge in [0.15, 0.2) is 0 Å². The topological polar surface area (TPSA) is 51.5 Å². The third-order valence-electron chi connectivity index (χ3n) is 2.76. The van der Waals surface area contributed by atoms with Gasteiger partial charge in [0, 0.05) is 24.1 Å². The fourth-order valence-electron chi connectivity index (χ4n) is 2.06. The van der Waals surface area contributed by atoms with Crippen molar-refractivity contribution in [2.45, 2.75) is 26.4 Å². The lowest BCUT2D eigenvalue weighted by Crippen LogP contribution is -2.13. The minimum absolute atomic E-state index is 0.110. The van der Waals surface area contributed by atoms with Gasteiger partial charge in [-0.2, -0.15) is 0 Å². The first-order valence-corrected chi connectivity index (χ1v) is 5.94. The summed E-state index contributed by atoms with van der Waals surface area (Å²) in [5.41, 5.74) is 1.86. The Morgan fingerprint density at radius 2 is 2.17 bits per heavy atom. The molecule has 1 aromatic carbocycles. The molecule has 0 spiro atoms. The molecule has 0 bridgehead atoms. The predicted molar refractivity (Wildman–Crippen MR) is 69.5 cm³/mol.